The van der Waals surface area contributed by atoms with Crippen molar-refractivity contribution >= 4 is 22.9 Å². The van der Waals surface area contributed by atoms with E-state index in [1.807, 2.05) is 38.1 Å². The third-order valence-corrected chi connectivity index (χ3v) is 4.01. The molecule has 0 fully saturated rings. The number of aliphatic hydroxyl groups is 1. The summed E-state index contributed by atoms with van der Waals surface area (Å²) < 4.78 is 0. The van der Waals surface area contributed by atoms with E-state index in [4.69, 9.17) is 11.6 Å². The van der Waals surface area contributed by atoms with Gasteiger partial charge in [-0.1, -0.05) is 23.7 Å². The molecule has 90 valence electrons. The van der Waals surface area contributed by atoms with Crippen LogP contribution in [-0.2, 0) is 6.42 Å². The maximum Gasteiger partial charge on any atom is 0.0941 e. The summed E-state index contributed by atoms with van der Waals surface area (Å²) in [5.74, 6) is 0. The van der Waals surface area contributed by atoms with Gasteiger partial charge in [0.1, 0.15) is 0 Å². The largest absolute Gasteiger partial charge is 0.387 e. The molecule has 0 aliphatic carbocycles. The van der Waals surface area contributed by atoms with Crippen LogP contribution in [0.5, 0.6) is 0 Å². The van der Waals surface area contributed by atoms with Gasteiger partial charge in [0.25, 0.3) is 0 Å². The average Bonchev–Trinajstić information content (AvgIpc) is 2.61. The number of halogens is 1. The summed E-state index contributed by atoms with van der Waals surface area (Å²) in [4.78, 5) is 5.28. The topological polar surface area (TPSA) is 33.1 Å². The lowest BCUT2D eigenvalue weighted by Crippen LogP contribution is -2.01. The molecule has 0 spiro atoms. The zero-order valence-electron chi connectivity index (χ0n) is 9.77. The van der Waals surface area contributed by atoms with Crippen LogP contribution < -0.4 is 0 Å². The lowest BCUT2D eigenvalue weighted by Gasteiger charge is -2.09. The van der Waals surface area contributed by atoms with Crippen molar-refractivity contribution < 1.29 is 5.11 Å². The van der Waals surface area contributed by atoms with Gasteiger partial charge in [-0.05, 0) is 31.5 Å². The van der Waals surface area contributed by atoms with E-state index in [2.05, 4.69) is 4.98 Å². The van der Waals surface area contributed by atoms with Crippen LogP contribution in [0.4, 0.5) is 0 Å². The fourth-order valence-corrected chi connectivity index (χ4v) is 2.83. The standard InChI is InChI=1S/C13H14ClNOS/c1-8-13(17-9(2)15-8)12(16)7-10-3-5-11(14)6-4-10/h3-6,12,16H,7H2,1-2H3. The summed E-state index contributed by atoms with van der Waals surface area (Å²) in [6.45, 7) is 3.89. The molecular formula is C13H14ClNOS. The normalized spacial score (nSPS) is 12.7. The van der Waals surface area contributed by atoms with E-state index in [0.29, 0.717) is 11.4 Å². The van der Waals surface area contributed by atoms with Gasteiger partial charge in [0.15, 0.2) is 0 Å². The maximum absolute atomic E-state index is 10.2. The van der Waals surface area contributed by atoms with E-state index in [1.54, 1.807) is 11.3 Å². The molecule has 0 bridgehead atoms. The maximum atomic E-state index is 10.2. The van der Waals surface area contributed by atoms with E-state index in [-0.39, 0.29) is 0 Å². The van der Waals surface area contributed by atoms with Gasteiger partial charge in [-0.3, -0.25) is 0 Å². The van der Waals surface area contributed by atoms with E-state index in [1.165, 1.54) is 0 Å². The van der Waals surface area contributed by atoms with Crippen LogP contribution in [0.25, 0.3) is 0 Å². The highest BCUT2D eigenvalue weighted by molar-refractivity contribution is 7.11. The highest BCUT2D eigenvalue weighted by atomic mass is 35.5. The lowest BCUT2D eigenvalue weighted by molar-refractivity contribution is 0.181. The van der Waals surface area contributed by atoms with Crippen molar-refractivity contribution in [1.29, 1.82) is 0 Å². The third kappa shape index (κ3) is 3.06. The van der Waals surface area contributed by atoms with Crippen molar-refractivity contribution in [2.24, 2.45) is 0 Å². The van der Waals surface area contributed by atoms with Crippen molar-refractivity contribution in [3.63, 3.8) is 0 Å². The van der Waals surface area contributed by atoms with Crippen molar-refractivity contribution in [3.8, 4) is 0 Å². The molecule has 0 saturated heterocycles. The van der Waals surface area contributed by atoms with Gasteiger partial charge in [0, 0.05) is 11.4 Å². The summed E-state index contributed by atoms with van der Waals surface area (Å²) in [5, 5.41) is 11.9. The molecule has 1 N–H and O–H groups in total. The Bertz CT molecular complexity index is 507. The first kappa shape index (κ1) is 12.6. The predicted octanol–water partition coefficient (Wildman–Crippen LogP) is 3.69. The number of aryl methyl sites for hydroxylation is 2. The van der Waals surface area contributed by atoms with Crippen LogP contribution >= 0.6 is 22.9 Å². The Morgan fingerprint density at radius 3 is 2.47 bits per heavy atom. The van der Waals surface area contributed by atoms with Crippen molar-refractivity contribution in [2.45, 2.75) is 26.4 Å². The summed E-state index contributed by atoms with van der Waals surface area (Å²) in [7, 11) is 0. The Morgan fingerprint density at radius 1 is 1.29 bits per heavy atom. The summed E-state index contributed by atoms with van der Waals surface area (Å²) in [6.07, 6.45) is 0.113. The van der Waals surface area contributed by atoms with Gasteiger partial charge in [0.2, 0.25) is 0 Å². The summed E-state index contributed by atoms with van der Waals surface area (Å²) in [6, 6.07) is 7.56. The Morgan fingerprint density at radius 2 is 1.94 bits per heavy atom. The minimum Gasteiger partial charge on any atom is -0.387 e. The second kappa shape index (κ2) is 5.17. The SMILES string of the molecule is Cc1nc(C)c(C(O)Cc2ccc(Cl)cc2)s1. The second-order valence-corrected chi connectivity index (χ2v) is 5.70. The highest BCUT2D eigenvalue weighted by Crippen LogP contribution is 2.27. The fraction of sp³-hybridized carbons (Fsp3) is 0.308. The molecule has 2 aromatic rings. The van der Waals surface area contributed by atoms with Gasteiger partial charge in [0.05, 0.1) is 21.7 Å². The van der Waals surface area contributed by atoms with Gasteiger partial charge in [-0.2, -0.15) is 0 Å². The number of hydrogen-bond donors (Lipinski definition) is 1. The van der Waals surface area contributed by atoms with E-state index in [0.717, 1.165) is 21.1 Å². The molecule has 1 atom stereocenters. The summed E-state index contributed by atoms with van der Waals surface area (Å²) >= 11 is 7.38. The molecule has 2 rings (SSSR count). The first-order valence-corrected chi connectivity index (χ1v) is 6.62. The van der Waals surface area contributed by atoms with Crippen LogP contribution in [0, 0.1) is 13.8 Å². The molecule has 1 heterocycles. The number of rotatable bonds is 3. The van der Waals surface area contributed by atoms with Gasteiger partial charge < -0.3 is 5.11 Å². The fourth-order valence-electron chi connectivity index (χ4n) is 1.79. The molecule has 0 saturated carbocycles. The molecule has 4 heteroatoms. The van der Waals surface area contributed by atoms with Gasteiger partial charge in [-0.25, -0.2) is 4.98 Å². The Balaban J connectivity index is 2.14. The number of thiazole rings is 1. The lowest BCUT2D eigenvalue weighted by atomic mass is 10.1. The van der Waals surface area contributed by atoms with E-state index < -0.39 is 6.10 Å². The number of nitrogens with zero attached hydrogens (tertiary/aromatic N) is 1. The number of aromatic nitrogens is 1. The van der Waals surface area contributed by atoms with Gasteiger partial charge >= 0.3 is 0 Å². The Kier molecular flexibility index (Phi) is 3.82. The number of hydrogen-bond acceptors (Lipinski definition) is 3. The molecule has 1 unspecified atom stereocenters. The van der Waals surface area contributed by atoms with Gasteiger partial charge in [-0.15, -0.1) is 11.3 Å². The molecule has 0 radical (unpaired) electrons. The zero-order chi connectivity index (χ0) is 12.4. The van der Waals surface area contributed by atoms with Crippen molar-refractivity contribution in [3.05, 3.63) is 50.4 Å². The molecule has 0 amide bonds. The van der Waals surface area contributed by atoms with Crippen molar-refractivity contribution in [2.75, 3.05) is 0 Å². The minimum atomic E-state index is -0.484. The number of aliphatic hydroxyl groups excluding tert-OH is 1. The highest BCUT2D eigenvalue weighted by Gasteiger charge is 2.15. The first-order valence-electron chi connectivity index (χ1n) is 5.42. The van der Waals surface area contributed by atoms with Crippen LogP contribution in [0.3, 0.4) is 0 Å². The molecule has 1 aromatic carbocycles. The monoisotopic (exact) mass is 267 g/mol. The average molecular weight is 268 g/mol. The quantitative estimate of drug-likeness (QED) is 0.920. The predicted molar refractivity (Wildman–Crippen MR) is 71.7 cm³/mol. The molecule has 0 aliphatic rings. The smallest absolute Gasteiger partial charge is 0.0941 e. The Labute approximate surface area is 110 Å². The first-order chi connectivity index (χ1) is 8.06. The summed E-state index contributed by atoms with van der Waals surface area (Å²) in [5.41, 5.74) is 2.00. The van der Waals surface area contributed by atoms with E-state index in [9.17, 15) is 5.11 Å². The van der Waals surface area contributed by atoms with Crippen LogP contribution in [0.1, 0.15) is 27.2 Å². The molecular weight excluding hydrogens is 254 g/mol. The zero-order valence-corrected chi connectivity index (χ0v) is 11.3. The molecule has 17 heavy (non-hydrogen) atoms. The minimum absolute atomic E-state index is 0.484. The molecule has 0 aliphatic heterocycles. The molecule has 1 aromatic heterocycles. The van der Waals surface area contributed by atoms with Crippen LogP contribution in [0.2, 0.25) is 5.02 Å². The van der Waals surface area contributed by atoms with Crippen LogP contribution in [0.15, 0.2) is 24.3 Å². The third-order valence-electron chi connectivity index (χ3n) is 2.58. The Hall–Kier alpha value is -0.900. The molecule has 2 nitrogen and oxygen atoms in total. The van der Waals surface area contributed by atoms with Crippen molar-refractivity contribution in [1.82, 2.24) is 4.98 Å². The van der Waals surface area contributed by atoms with E-state index >= 15 is 0 Å². The second-order valence-electron chi connectivity index (χ2n) is 4.03. The van der Waals surface area contributed by atoms with Crippen LogP contribution in [-0.4, -0.2) is 10.1 Å². The number of benzene rings is 1.